The quantitative estimate of drug-likeness (QED) is 0.0648. The zero-order valence-corrected chi connectivity index (χ0v) is 29.4. The number of carbonyl (C=O) groups excluding carboxylic acids is 1. The fourth-order valence-corrected chi connectivity index (χ4v) is 7.50. The molecule has 2 aromatic rings. The van der Waals surface area contributed by atoms with Crippen molar-refractivity contribution in [3.63, 3.8) is 0 Å². The van der Waals surface area contributed by atoms with Gasteiger partial charge in [0, 0.05) is 65.5 Å². The van der Waals surface area contributed by atoms with Crippen LogP contribution in [0.15, 0.2) is 75.2 Å². The van der Waals surface area contributed by atoms with Gasteiger partial charge in [-0.1, -0.05) is 31.5 Å². The predicted molar refractivity (Wildman–Crippen MR) is 182 cm³/mol. The normalized spacial score (nSPS) is 17.5. The maximum absolute atomic E-state index is 12.2. The van der Waals surface area contributed by atoms with Gasteiger partial charge in [-0.3, -0.25) is 9.35 Å². The summed E-state index contributed by atoms with van der Waals surface area (Å²) in [7, 11) is -7.15. The standard InChI is InChI=1S/C33H42N6O7S2/c1-32(2)25-21-23(47(41,42)43)14-16-27(25)38(5)29(32)11-9-12-30-33(3,4)26-22-24(48(44,45)46)15-17-28(26)39(30)20-8-6-7-13-31(40)35-18-10-19-36-37-34/h9,11-12,14-17,21-22H,6-8,10,13,18-20H2,1-5H3,(H2-,35,40,41,42,43,44,45,46). The van der Waals surface area contributed by atoms with E-state index in [0.29, 0.717) is 38.9 Å². The average molecular weight is 699 g/mol. The van der Waals surface area contributed by atoms with Gasteiger partial charge >= 0.3 is 0 Å². The number of rotatable bonds is 14. The van der Waals surface area contributed by atoms with Gasteiger partial charge < -0.3 is 14.8 Å². The van der Waals surface area contributed by atoms with Gasteiger partial charge in [0.15, 0.2) is 5.71 Å². The zero-order valence-electron chi connectivity index (χ0n) is 27.8. The Kier molecular flexibility index (Phi) is 10.9. The molecule has 48 heavy (non-hydrogen) atoms. The first-order chi connectivity index (χ1) is 22.4. The summed E-state index contributed by atoms with van der Waals surface area (Å²) in [5.74, 6) is -0.0580. The molecule has 2 aromatic carbocycles. The van der Waals surface area contributed by atoms with E-state index in [9.17, 15) is 30.7 Å². The molecule has 0 aliphatic carbocycles. The highest BCUT2D eigenvalue weighted by atomic mass is 32.2. The van der Waals surface area contributed by atoms with Gasteiger partial charge in [-0.05, 0) is 80.6 Å². The van der Waals surface area contributed by atoms with Crippen molar-refractivity contribution in [3.8, 4) is 0 Å². The van der Waals surface area contributed by atoms with Crippen molar-refractivity contribution >= 4 is 43.2 Å². The van der Waals surface area contributed by atoms with Crippen LogP contribution in [0.25, 0.3) is 10.4 Å². The first kappa shape index (κ1) is 36.8. The number of azide groups is 1. The van der Waals surface area contributed by atoms with Gasteiger partial charge in [-0.15, -0.1) is 0 Å². The number of unbranched alkanes of at least 4 members (excludes halogenated alkanes) is 2. The highest BCUT2D eigenvalue weighted by Crippen LogP contribution is 2.49. The number of allylic oxidation sites excluding steroid dienone is 4. The lowest BCUT2D eigenvalue weighted by Gasteiger charge is -2.27. The maximum Gasteiger partial charge on any atom is 0.294 e. The van der Waals surface area contributed by atoms with E-state index in [4.69, 9.17) is 5.53 Å². The van der Waals surface area contributed by atoms with E-state index >= 15 is 0 Å². The number of benzene rings is 2. The summed E-state index contributed by atoms with van der Waals surface area (Å²) >= 11 is 0. The van der Waals surface area contributed by atoms with Crippen LogP contribution in [0, 0.1) is 0 Å². The molecule has 15 heteroatoms. The molecule has 0 saturated heterocycles. The van der Waals surface area contributed by atoms with Gasteiger partial charge in [0.1, 0.15) is 17.2 Å². The Morgan fingerprint density at radius 1 is 1.02 bits per heavy atom. The Morgan fingerprint density at radius 3 is 2.38 bits per heavy atom. The van der Waals surface area contributed by atoms with E-state index < -0.39 is 31.1 Å². The lowest BCUT2D eigenvalue weighted by molar-refractivity contribution is -0.401. The Bertz CT molecular complexity index is 1960. The molecule has 2 aliphatic heterocycles. The monoisotopic (exact) mass is 698 g/mol. The van der Waals surface area contributed by atoms with Crippen molar-refractivity contribution in [2.75, 3.05) is 31.6 Å². The van der Waals surface area contributed by atoms with Crippen molar-refractivity contribution in [2.24, 2.45) is 5.11 Å². The summed E-state index contributed by atoms with van der Waals surface area (Å²) < 4.78 is 70.9. The number of nitrogens with zero attached hydrogens (tertiary/aromatic N) is 5. The number of hydrogen-bond acceptors (Lipinski definition) is 8. The lowest BCUT2D eigenvalue weighted by atomic mass is 9.81. The molecular formula is C33H42N6O7S2. The molecule has 2 N–H and O–H groups in total. The van der Waals surface area contributed by atoms with Crippen molar-refractivity contribution < 1.29 is 35.3 Å². The molecule has 0 fully saturated rings. The van der Waals surface area contributed by atoms with E-state index in [1.165, 1.54) is 24.3 Å². The fraction of sp³-hybridized carbons (Fsp3) is 0.455. The van der Waals surface area contributed by atoms with Crippen molar-refractivity contribution in [2.45, 2.75) is 80.4 Å². The molecule has 0 bridgehead atoms. The highest BCUT2D eigenvalue weighted by Gasteiger charge is 2.44. The minimum absolute atomic E-state index is 0.0580. The second-order valence-corrected chi connectivity index (χ2v) is 15.8. The minimum Gasteiger partial charge on any atom is -0.744 e. The molecular weight excluding hydrogens is 657 g/mol. The topological polar surface area (TPSA) is 196 Å². The summed E-state index contributed by atoms with van der Waals surface area (Å²) in [6.07, 6.45) is 9.01. The summed E-state index contributed by atoms with van der Waals surface area (Å²) in [5, 5.41) is 6.28. The Hall–Kier alpha value is -4.01. The highest BCUT2D eigenvalue weighted by molar-refractivity contribution is 7.86. The Morgan fingerprint density at radius 2 is 1.71 bits per heavy atom. The first-order valence-corrected chi connectivity index (χ1v) is 18.5. The number of nitrogens with one attached hydrogen (secondary N) is 1. The van der Waals surface area contributed by atoms with Crippen LogP contribution in [0.3, 0.4) is 0 Å². The maximum atomic E-state index is 12.2. The summed E-state index contributed by atoms with van der Waals surface area (Å²) in [6.45, 7) is 9.30. The number of carbonyl (C=O) groups is 1. The number of anilines is 1. The summed E-state index contributed by atoms with van der Waals surface area (Å²) in [6, 6.07) is 9.00. The van der Waals surface area contributed by atoms with Gasteiger partial charge in [0.2, 0.25) is 11.6 Å². The second-order valence-electron chi connectivity index (χ2n) is 13.0. The van der Waals surface area contributed by atoms with Crippen LogP contribution >= 0.6 is 0 Å². The van der Waals surface area contributed by atoms with Crippen LogP contribution in [0.4, 0.5) is 11.4 Å². The Labute approximate surface area is 282 Å². The van der Waals surface area contributed by atoms with Crippen LogP contribution in [-0.2, 0) is 35.9 Å². The fourth-order valence-electron chi connectivity index (χ4n) is 6.50. The molecule has 0 saturated carbocycles. The molecule has 13 nitrogen and oxygen atoms in total. The van der Waals surface area contributed by atoms with Crippen LogP contribution in [-0.4, -0.2) is 68.8 Å². The largest absolute Gasteiger partial charge is 0.744 e. The molecule has 0 atom stereocenters. The average Bonchev–Trinajstić information content (AvgIpc) is 3.33. The van der Waals surface area contributed by atoms with Gasteiger partial charge in [0.25, 0.3) is 10.1 Å². The third-order valence-electron chi connectivity index (χ3n) is 9.07. The summed E-state index contributed by atoms with van der Waals surface area (Å²) in [5.41, 5.74) is 12.0. The van der Waals surface area contributed by atoms with Gasteiger partial charge in [-0.25, -0.2) is 8.42 Å². The third kappa shape index (κ3) is 7.82. The molecule has 0 unspecified atom stereocenters. The number of fused-ring (bicyclic) bond motifs is 2. The minimum atomic E-state index is -4.61. The molecule has 0 radical (unpaired) electrons. The van der Waals surface area contributed by atoms with E-state index in [2.05, 4.69) is 20.2 Å². The van der Waals surface area contributed by atoms with Crippen LogP contribution < -0.4 is 10.2 Å². The molecule has 258 valence electrons. The molecule has 2 aliphatic rings. The number of amides is 1. The molecule has 1 amide bonds. The molecule has 4 rings (SSSR count). The van der Waals surface area contributed by atoms with Crippen LogP contribution in [0.5, 0.6) is 0 Å². The Balaban J connectivity index is 1.56. The first-order valence-electron chi connectivity index (χ1n) is 15.7. The molecule has 0 aromatic heterocycles. The summed E-state index contributed by atoms with van der Waals surface area (Å²) in [4.78, 5) is 16.6. The SMILES string of the molecule is C[N+]1=C(/C=C/C=C2/N(CCCCCC(=O)NCCCN=[N+]=[N-])c3ccc(S(=O)(=O)O)cc3C2(C)C)C(C)(C)c2cc(S(=O)(=O)[O-])ccc21. The van der Waals surface area contributed by atoms with Crippen LogP contribution in [0.1, 0.15) is 70.9 Å². The predicted octanol–water partition coefficient (Wildman–Crippen LogP) is 5.46. The van der Waals surface area contributed by atoms with Gasteiger partial charge in [-0.2, -0.15) is 13.0 Å². The molecule has 2 heterocycles. The van der Waals surface area contributed by atoms with Crippen molar-refractivity contribution in [3.05, 3.63) is 81.9 Å². The van der Waals surface area contributed by atoms with E-state index in [-0.39, 0.29) is 15.7 Å². The van der Waals surface area contributed by atoms with E-state index in [1.807, 2.05) is 57.5 Å². The van der Waals surface area contributed by atoms with Crippen molar-refractivity contribution in [1.82, 2.24) is 5.32 Å². The van der Waals surface area contributed by atoms with E-state index in [0.717, 1.165) is 46.8 Å². The van der Waals surface area contributed by atoms with Crippen LogP contribution in [0.2, 0.25) is 0 Å². The third-order valence-corrected chi connectivity index (χ3v) is 10.7. The van der Waals surface area contributed by atoms with Gasteiger partial charge in [0.05, 0.1) is 15.2 Å². The van der Waals surface area contributed by atoms with E-state index in [1.54, 1.807) is 12.1 Å². The zero-order chi connectivity index (χ0) is 35.5. The number of hydrogen-bond donors (Lipinski definition) is 2. The molecule has 0 spiro atoms. The van der Waals surface area contributed by atoms with Crippen molar-refractivity contribution in [1.29, 1.82) is 0 Å². The second kappa shape index (κ2) is 14.2. The smallest absolute Gasteiger partial charge is 0.294 e. The lowest BCUT2D eigenvalue weighted by Crippen LogP contribution is -2.28.